The van der Waals surface area contributed by atoms with Gasteiger partial charge in [-0.1, -0.05) is 0 Å². The van der Waals surface area contributed by atoms with E-state index in [-0.39, 0.29) is 29.8 Å². The molecule has 0 bridgehead atoms. The third kappa shape index (κ3) is 3.98. The van der Waals surface area contributed by atoms with Gasteiger partial charge in [0.1, 0.15) is 5.82 Å². The fourth-order valence-electron chi connectivity index (χ4n) is 2.77. The third-order valence-corrected chi connectivity index (χ3v) is 3.81. The average Bonchev–Trinajstić information content (AvgIpc) is 3.02. The number of nitrogens with one attached hydrogen (secondary N) is 3. The summed E-state index contributed by atoms with van der Waals surface area (Å²) in [6, 6.07) is -0.165. The fourth-order valence-corrected chi connectivity index (χ4v) is 2.77. The topological polar surface area (TPSA) is 126 Å². The van der Waals surface area contributed by atoms with Gasteiger partial charge in [-0.05, 0) is 27.7 Å². The SMILES string of the molecule is CC(=O)c1c(C)nn([C@H](C)CC(=O)NCCc2n[nH]c(=O)[nH]2)c1C. The molecular formula is C15H22N6O3. The van der Waals surface area contributed by atoms with Crippen LogP contribution in [0.15, 0.2) is 4.79 Å². The van der Waals surface area contributed by atoms with E-state index in [1.807, 2.05) is 13.8 Å². The molecular weight excluding hydrogens is 312 g/mol. The van der Waals surface area contributed by atoms with Gasteiger partial charge in [-0.2, -0.15) is 10.2 Å². The van der Waals surface area contributed by atoms with Crippen LogP contribution < -0.4 is 11.0 Å². The summed E-state index contributed by atoms with van der Waals surface area (Å²) in [4.78, 5) is 37.1. The lowest BCUT2D eigenvalue weighted by molar-refractivity contribution is -0.121. The molecule has 2 heterocycles. The van der Waals surface area contributed by atoms with Crippen LogP contribution in [0.2, 0.25) is 0 Å². The molecule has 2 rings (SSSR count). The van der Waals surface area contributed by atoms with Crippen LogP contribution in [0, 0.1) is 13.8 Å². The Morgan fingerprint density at radius 3 is 2.58 bits per heavy atom. The Morgan fingerprint density at radius 2 is 2.04 bits per heavy atom. The van der Waals surface area contributed by atoms with Gasteiger partial charge in [-0.3, -0.25) is 19.3 Å². The maximum absolute atomic E-state index is 12.0. The minimum atomic E-state index is -0.365. The van der Waals surface area contributed by atoms with Crippen LogP contribution in [-0.2, 0) is 11.2 Å². The molecule has 9 nitrogen and oxygen atoms in total. The normalized spacial score (nSPS) is 12.2. The van der Waals surface area contributed by atoms with E-state index in [9.17, 15) is 14.4 Å². The molecule has 0 saturated carbocycles. The zero-order valence-corrected chi connectivity index (χ0v) is 14.3. The molecule has 130 valence electrons. The highest BCUT2D eigenvalue weighted by molar-refractivity contribution is 5.96. The molecule has 0 radical (unpaired) electrons. The Kier molecular flexibility index (Phi) is 5.32. The Morgan fingerprint density at radius 1 is 1.33 bits per heavy atom. The van der Waals surface area contributed by atoms with Crippen LogP contribution in [0.3, 0.4) is 0 Å². The van der Waals surface area contributed by atoms with Crippen LogP contribution in [0.4, 0.5) is 0 Å². The number of hydrogen-bond acceptors (Lipinski definition) is 5. The van der Waals surface area contributed by atoms with E-state index in [0.717, 1.165) is 5.69 Å². The molecule has 3 N–H and O–H groups in total. The highest BCUT2D eigenvalue weighted by atomic mass is 16.2. The number of hydrogen-bond donors (Lipinski definition) is 3. The second-order valence-corrected chi connectivity index (χ2v) is 5.82. The van der Waals surface area contributed by atoms with Gasteiger partial charge >= 0.3 is 5.69 Å². The maximum atomic E-state index is 12.0. The first-order chi connectivity index (χ1) is 11.3. The summed E-state index contributed by atoms with van der Waals surface area (Å²) in [7, 11) is 0. The molecule has 1 amide bonds. The molecule has 0 saturated heterocycles. The molecule has 0 fully saturated rings. The Balaban J connectivity index is 1.90. The number of amides is 1. The first-order valence-electron chi connectivity index (χ1n) is 7.76. The minimum absolute atomic E-state index is 0.0269. The van der Waals surface area contributed by atoms with Gasteiger partial charge in [-0.25, -0.2) is 9.89 Å². The van der Waals surface area contributed by atoms with Gasteiger partial charge in [0.25, 0.3) is 0 Å². The van der Waals surface area contributed by atoms with E-state index in [0.29, 0.717) is 30.0 Å². The molecule has 24 heavy (non-hydrogen) atoms. The number of carbonyl (C=O) groups is 2. The summed E-state index contributed by atoms with van der Waals surface area (Å²) in [5.74, 6) is 0.344. The molecule has 2 aromatic heterocycles. The van der Waals surface area contributed by atoms with Crippen molar-refractivity contribution in [1.82, 2.24) is 30.3 Å². The predicted octanol–water partition coefficient (Wildman–Crippen LogP) is 0.424. The molecule has 1 atom stereocenters. The first kappa shape index (κ1) is 17.6. The number of aromatic nitrogens is 5. The van der Waals surface area contributed by atoms with E-state index < -0.39 is 0 Å². The Labute approximate surface area is 138 Å². The van der Waals surface area contributed by atoms with Crippen LogP contribution in [-0.4, -0.2) is 43.2 Å². The van der Waals surface area contributed by atoms with E-state index in [1.165, 1.54) is 6.92 Å². The number of aromatic amines is 2. The first-order valence-corrected chi connectivity index (χ1v) is 7.76. The maximum Gasteiger partial charge on any atom is 0.340 e. The van der Waals surface area contributed by atoms with Crippen molar-refractivity contribution >= 4 is 11.7 Å². The highest BCUT2D eigenvalue weighted by Gasteiger charge is 2.20. The molecule has 0 aliphatic rings. The smallest absolute Gasteiger partial charge is 0.340 e. The number of H-pyrrole nitrogens is 2. The van der Waals surface area contributed by atoms with Crippen LogP contribution >= 0.6 is 0 Å². The molecule has 9 heteroatoms. The second kappa shape index (κ2) is 7.24. The lowest BCUT2D eigenvalue weighted by Gasteiger charge is -2.14. The van der Waals surface area contributed by atoms with Crippen molar-refractivity contribution in [2.24, 2.45) is 0 Å². The summed E-state index contributed by atoms with van der Waals surface area (Å²) in [6.45, 7) is 7.39. The minimum Gasteiger partial charge on any atom is -0.356 e. The summed E-state index contributed by atoms with van der Waals surface area (Å²) in [5, 5.41) is 13.2. The van der Waals surface area contributed by atoms with Crippen molar-refractivity contribution in [1.29, 1.82) is 0 Å². The molecule has 0 spiro atoms. The summed E-state index contributed by atoms with van der Waals surface area (Å²) >= 11 is 0. The number of nitrogens with zero attached hydrogens (tertiary/aromatic N) is 3. The van der Waals surface area contributed by atoms with E-state index in [1.54, 1.807) is 11.6 Å². The van der Waals surface area contributed by atoms with Crippen LogP contribution in [0.5, 0.6) is 0 Å². The third-order valence-electron chi connectivity index (χ3n) is 3.81. The Bertz CT molecular complexity index is 800. The lowest BCUT2D eigenvalue weighted by Crippen LogP contribution is -2.28. The van der Waals surface area contributed by atoms with Gasteiger partial charge < -0.3 is 5.32 Å². The zero-order chi connectivity index (χ0) is 17.9. The van der Waals surface area contributed by atoms with E-state index in [4.69, 9.17) is 0 Å². The van der Waals surface area contributed by atoms with Gasteiger partial charge in [0.15, 0.2) is 5.78 Å². The highest BCUT2D eigenvalue weighted by Crippen LogP contribution is 2.19. The van der Waals surface area contributed by atoms with Crippen molar-refractivity contribution in [3.63, 3.8) is 0 Å². The molecule has 0 unspecified atom stereocenters. The summed E-state index contributed by atoms with van der Waals surface area (Å²) in [5.41, 5.74) is 1.70. The number of ketones is 1. The van der Waals surface area contributed by atoms with E-state index >= 15 is 0 Å². The second-order valence-electron chi connectivity index (χ2n) is 5.82. The monoisotopic (exact) mass is 334 g/mol. The van der Waals surface area contributed by atoms with Crippen molar-refractivity contribution in [2.75, 3.05) is 6.54 Å². The average molecular weight is 334 g/mol. The van der Waals surface area contributed by atoms with Crippen molar-refractivity contribution in [3.05, 3.63) is 33.3 Å². The van der Waals surface area contributed by atoms with Crippen molar-refractivity contribution in [3.8, 4) is 0 Å². The molecule has 0 aromatic carbocycles. The lowest BCUT2D eigenvalue weighted by atomic mass is 10.1. The summed E-state index contributed by atoms with van der Waals surface area (Å²) in [6.07, 6.45) is 0.684. The quantitative estimate of drug-likeness (QED) is 0.633. The van der Waals surface area contributed by atoms with Gasteiger partial charge in [-0.15, -0.1) is 0 Å². The molecule has 2 aromatic rings. The van der Waals surface area contributed by atoms with Crippen molar-refractivity contribution < 1.29 is 9.59 Å². The standard InChI is InChI=1S/C15H22N6O3/c1-8(21-10(3)14(11(4)22)9(2)20-21)7-13(23)16-6-5-12-17-15(24)19-18-12/h8H,5-7H2,1-4H3,(H,16,23)(H2,17,18,19,24)/t8-/m1/s1. The van der Waals surface area contributed by atoms with Crippen LogP contribution in [0.25, 0.3) is 0 Å². The number of rotatable bonds is 7. The van der Waals surface area contributed by atoms with Gasteiger partial charge in [0.05, 0.1) is 17.3 Å². The van der Waals surface area contributed by atoms with Crippen molar-refractivity contribution in [2.45, 2.75) is 46.6 Å². The van der Waals surface area contributed by atoms with Gasteiger partial charge in [0, 0.05) is 25.1 Å². The fraction of sp³-hybridized carbons (Fsp3) is 0.533. The van der Waals surface area contributed by atoms with E-state index in [2.05, 4.69) is 25.6 Å². The molecule has 0 aliphatic heterocycles. The summed E-state index contributed by atoms with van der Waals surface area (Å²) < 4.78 is 1.72. The number of aryl methyl sites for hydroxylation is 1. The predicted molar refractivity (Wildman–Crippen MR) is 87.0 cm³/mol. The van der Waals surface area contributed by atoms with Crippen LogP contribution in [0.1, 0.15) is 53.9 Å². The zero-order valence-electron chi connectivity index (χ0n) is 14.3. The Hall–Kier alpha value is -2.71. The number of carbonyl (C=O) groups excluding carboxylic acids is 2. The van der Waals surface area contributed by atoms with Gasteiger partial charge in [0.2, 0.25) is 5.91 Å². The molecule has 0 aliphatic carbocycles. The largest absolute Gasteiger partial charge is 0.356 e. The number of Topliss-reactive ketones (excluding diaryl/α,β-unsaturated/α-hetero) is 1.